The number of anilines is 1. The summed E-state index contributed by atoms with van der Waals surface area (Å²) in [7, 11) is 1.60. The number of rotatable bonds is 6. The van der Waals surface area contributed by atoms with Gasteiger partial charge in [-0.2, -0.15) is 0 Å². The second-order valence-corrected chi connectivity index (χ2v) is 6.49. The number of carbonyl (C=O) groups excluding carboxylic acids is 1. The zero-order valence-electron chi connectivity index (χ0n) is 16.6. The van der Waals surface area contributed by atoms with Gasteiger partial charge in [0.25, 0.3) is 5.91 Å². The first kappa shape index (κ1) is 18.8. The molecule has 5 nitrogen and oxygen atoms in total. The zero-order valence-corrected chi connectivity index (χ0v) is 16.6. The van der Waals surface area contributed by atoms with Crippen molar-refractivity contribution < 1.29 is 14.3 Å². The van der Waals surface area contributed by atoms with Crippen molar-refractivity contribution in [3.63, 3.8) is 0 Å². The lowest BCUT2D eigenvalue weighted by Gasteiger charge is -2.13. The maximum atomic E-state index is 13.2. The predicted octanol–water partition coefficient (Wildman–Crippen LogP) is 4.94. The van der Waals surface area contributed by atoms with Crippen molar-refractivity contribution in [3.05, 3.63) is 53.2 Å². The first-order valence-electron chi connectivity index (χ1n) is 9.21. The molecule has 0 atom stereocenters. The molecule has 27 heavy (non-hydrogen) atoms. The second-order valence-electron chi connectivity index (χ2n) is 6.49. The number of hydrogen-bond donors (Lipinski definition) is 1. The Hall–Kier alpha value is -2.95. The second kappa shape index (κ2) is 7.74. The standard InChI is InChI=1S/C22H26N2O3/c1-6-24-19-10-9-16(27-7-2)13-17(19)15(4)21(24)22(25)23-18-12-14(3)8-11-20(18)26-5/h8-13H,6-7H2,1-5H3,(H,23,25). The number of ether oxygens (including phenoxy) is 2. The predicted molar refractivity (Wildman–Crippen MR) is 109 cm³/mol. The summed E-state index contributed by atoms with van der Waals surface area (Å²) in [5.74, 6) is 1.31. The average Bonchev–Trinajstić information content (AvgIpc) is 2.94. The third-order valence-corrected chi connectivity index (χ3v) is 4.73. The van der Waals surface area contributed by atoms with Crippen molar-refractivity contribution in [1.29, 1.82) is 0 Å². The van der Waals surface area contributed by atoms with E-state index in [1.165, 1.54) is 0 Å². The molecule has 142 valence electrons. The number of benzene rings is 2. The molecule has 1 heterocycles. The summed E-state index contributed by atoms with van der Waals surface area (Å²) in [5, 5.41) is 4.05. The van der Waals surface area contributed by atoms with Crippen molar-refractivity contribution in [2.45, 2.75) is 34.2 Å². The fourth-order valence-corrected chi connectivity index (χ4v) is 3.48. The Morgan fingerprint density at radius 3 is 2.56 bits per heavy atom. The van der Waals surface area contributed by atoms with Crippen molar-refractivity contribution >= 4 is 22.5 Å². The van der Waals surface area contributed by atoms with Gasteiger partial charge in [-0.3, -0.25) is 4.79 Å². The van der Waals surface area contributed by atoms with Crippen LogP contribution in [0.2, 0.25) is 0 Å². The van der Waals surface area contributed by atoms with Gasteiger partial charge in [-0.25, -0.2) is 0 Å². The summed E-state index contributed by atoms with van der Waals surface area (Å²) >= 11 is 0. The summed E-state index contributed by atoms with van der Waals surface area (Å²) in [6, 6.07) is 11.7. The van der Waals surface area contributed by atoms with E-state index in [1.807, 2.05) is 68.7 Å². The van der Waals surface area contributed by atoms with Crippen molar-refractivity contribution in [2.24, 2.45) is 0 Å². The van der Waals surface area contributed by atoms with Crippen LogP contribution in [0.15, 0.2) is 36.4 Å². The summed E-state index contributed by atoms with van der Waals surface area (Å²) in [4.78, 5) is 13.2. The van der Waals surface area contributed by atoms with Crippen molar-refractivity contribution in [1.82, 2.24) is 4.57 Å². The fourth-order valence-electron chi connectivity index (χ4n) is 3.48. The van der Waals surface area contributed by atoms with Crippen molar-refractivity contribution in [2.75, 3.05) is 19.0 Å². The molecule has 5 heteroatoms. The molecule has 0 aliphatic heterocycles. The van der Waals surface area contributed by atoms with Gasteiger partial charge >= 0.3 is 0 Å². The summed E-state index contributed by atoms with van der Waals surface area (Å²) in [6.45, 7) is 9.28. The van der Waals surface area contributed by atoms with Crippen LogP contribution in [0, 0.1) is 13.8 Å². The molecule has 0 aliphatic carbocycles. The number of hydrogen-bond acceptors (Lipinski definition) is 3. The number of fused-ring (bicyclic) bond motifs is 1. The molecular weight excluding hydrogens is 340 g/mol. The maximum absolute atomic E-state index is 13.2. The molecule has 0 bridgehead atoms. The number of aromatic nitrogens is 1. The van der Waals surface area contributed by atoms with Gasteiger partial charge in [0.2, 0.25) is 0 Å². The van der Waals surface area contributed by atoms with Gasteiger partial charge in [0.1, 0.15) is 17.2 Å². The summed E-state index contributed by atoms with van der Waals surface area (Å²) in [6.07, 6.45) is 0. The van der Waals surface area contributed by atoms with Crippen LogP contribution >= 0.6 is 0 Å². The van der Waals surface area contributed by atoms with Crippen LogP contribution in [0.4, 0.5) is 5.69 Å². The Balaban J connectivity index is 2.06. The van der Waals surface area contributed by atoms with Crippen LogP contribution in [0.3, 0.4) is 0 Å². The van der Waals surface area contributed by atoms with E-state index in [4.69, 9.17) is 9.47 Å². The molecule has 0 saturated heterocycles. The third-order valence-electron chi connectivity index (χ3n) is 4.73. The van der Waals surface area contributed by atoms with E-state index in [9.17, 15) is 4.79 Å². The van der Waals surface area contributed by atoms with Gasteiger partial charge in [0, 0.05) is 17.4 Å². The van der Waals surface area contributed by atoms with Gasteiger partial charge in [0.05, 0.1) is 19.4 Å². The van der Waals surface area contributed by atoms with Gasteiger partial charge in [-0.15, -0.1) is 0 Å². The Morgan fingerprint density at radius 1 is 1.11 bits per heavy atom. The van der Waals surface area contributed by atoms with E-state index in [0.29, 0.717) is 30.3 Å². The molecule has 3 rings (SSSR count). The summed E-state index contributed by atoms with van der Waals surface area (Å²) < 4.78 is 13.1. The molecule has 1 amide bonds. The van der Waals surface area contributed by atoms with E-state index in [-0.39, 0.29) is 5.91 Å². The van der Waals surface area contributed by atoms with E-state index >= 15 is 0 Å². The van der Waals surface area contributed by atoms with Crippen LogP contribution in [0.5, 0.6) is 11.5 Å². The van der Waals surface area contributed by atoms with Crippen LogP contribution < -0.4 is 14.8 Å². The number of methoxy groups -OCH3 is 1. The molecule has 0 saturated carbocycles. The minimum absolute atomic E-state index is 0.146. The molecule has 1 aromatic heterocycles. The Labute approximate surface area is 159 Å². The smallest absolute Gasteiger partial charge is 0.272 e. The van der Waals surface area contributed by atoms with Crippen LogP contribution in [-0.2, 0) is 6.54 Å². The lowest BCUT2D eigenvalue weighted by molar-refractivity contribution is 0.101. The summed E-state index contributed by atoms with van der Waals surface area (Å²) in [5.41, 5.74) is 4.35. The minimum atomic E-state index is -0.146. The molecule has 0 spiro atoms. The monoisotopic (exact) mass is 366 g/mol. The number of carbonyl (C=O) groups is 1. The Kier molecular flexibility index (Phi) is 5.40. The number of aryl methyl sites for hydroxylation is 3. The Bertz CT molecular complexity index is 989. The molecular formula is C22H26N2O3. The Morgan fingerprint density at radius 2 is 1.89 bits per heavy atom. The molecule has 3 aromatic rings. The number of nitrogens with zero attached hydrogens (tertiary/aromatic N) is 1. The van der Waals surface area contributed by atoms with Gasteiger partial charge in [-0.05, 0) is 69.2 Å². The quantitative estimate of drug-likeness (QED) is 0.672. The molecule has 0 fully saturated rings. The van der Waals surface area contributed by atoms with E-state index < -0.39 is 0 Å². The van der Waals surface area contributed by atoms with Crippen LogP contribution in [-0.4, -0.2) is 24.2 Å². The lowest BCUT2D eigenvalue weighted by atomic mass is 10.1. The molecule has 0 radical (unpaired) electrons. The van der Waals surface area contributed by atoms with Crippen molar-refractivity contribution in [3.8, 4) is 11.5 Å². The first-order valence-corrected chi connectivity index (χ1v) is 9.21. The fraction of sp³-hybridized carbons (Fsp3) is 0.318. The maximum Gasteiger partial charge on any atom is 0.272 e. The highest BCUT2D eigenvalue weighted by Crippen LogP contribution is 2.31. The largest absolute Gasteiger partial charge is 0.495 e. The SMILES string of the molecule is CCOc1ccc2c(c1)c(C)c(C(=O)Nc1cc(C)ccc1OC)n2CC. The van der Waals surface area contributed by atoms with Gasteiger partial charge in [0.15, 0.2) is 0 Å². The minimum Gasteiger partial charge on any atom is -0.495 e. The van der Waals surface area contributed by atoms with E-state index in [1.54, 1.807) is 7.11 Å². The van der Waals surface area contributed by atoms with E-state index in [2.05, 4.69) is 5.32 Å². The van der Waals surface area contributed by atoms with Crippen LogP contribution in [0.1, 0.15) is 35.5 Å². The van der Waals surface area contributed by atoms with Gasteiger partial charge in [-0.1, -0.05) is 6.07 Å². The zero-order chi connectivity index (χ0) is 19.6. The third kappa shape index (κ3) is 3.50. The molecule has 0 aliphatic rings. The average molecular weight is 366 g/mol. The highest BCUT2D eigenvalue weighted by Gasteiger charge is 2.21. The van der Waals surface area contributed by atoms with Crippen LogP contribution in [0.25, 0.3) is 10.9 Å². The van der Waals surface area contributed by atoms with Gasteiger partial charge < -0.3 is 19.4 Å². The number of nitrogens with one attached hydrogen (secondary N) is 1. The highest BCUT2D eigenvalue weighted by molar-refractivity contribution is 6.09. The molecule has 1 N–H and O–H groups in total. The molecule has 0 unspecified atom stereocenters. The first-order chi connectivity index (χ1) is 13.0. The topological polar surface area (TPSA) is 52.5 Å². The van der Waals surface area contributed by atoms with E-state index in [0.717, 1.165) is 27.8 Å². The highest BCUT2D eigenvalue weighted by atomic mass is 16.5. The molecule has 2 aromatic carbocycles. The lowest BCUT2D eigenvalue weighted by Crippen LogP contribution is -2.18. The number of amides is 1. The normalized spacial score (nSPS) is 10.9.